The zero-order valence-corrected chi connectivity index (χ0v) is 13.8. The van der Waals surface area contributed by atoms with Crippen molar-refractivity contribution in [1.29, 1.82) is 0 Å². The first-order chi connectivity index (χ1) is 11.1. The molecule has 6 heteroatoms. The molecule has 23 heavy (non-hydrogen) atoms. The van der Waals surface area contributed by atoms with E-state index in [1.165, 1.54) is 24.2 Å². The normalized spacial score (nSPS) is 25.1. The minimum Gasteiger partial charge on any atom is -0.343 e. The monoisotopic (exact) mass is 336 g/mol. The maximum atomic E-state index is 13.7. The second kappa shape index (κ2) is 7.34. The number of thioether (sulfide) groups is 1. The van der Waals surface area contributed by atoms with Gasteiger partial charge in [-0.3, -0.25) is 9.59 Å². The molecule has 2 aliphatic rings. The Morgan fingerprint density at radius 3 is 2.70 bits per heavy atom. The molecule has 1 aromatic rings. The topological polar surface area (TPSA) is 49.4 Å². The molecular formula is C17H21FN2O2S. The second-order valence-corrected chi connectivity index (χ2v) is 7.30. The Morgan fingerprint density at radius 2 is 2.00 bits per heavy atom. The summed E-state index contributed by atoms with van der Waals surface area (Å²) in [5.74, 6) is 0.127. The molecule has 2 heterocycles. The van der Waals surface area contributed by atoms with Crippen LogP contribution in [0.1, 0.15) is 24.8 Å². The highest BCUT2D eigenvalue weighted by Crippen LogP contribution is 2.24. The van der Waals surface area contributed by atoms with Crippen LogP contribution in [0.3, 0.4) is 0 Å². The zero-order valence-electron chi connectivity index (χ0n) is 13.0. The molecule has 2 unspecified atom stereocenters. The number of hydrogen-bond acceptors (Lipinski definition) is 3. The van der Waals surface area contributed by atoms with E-state index in [1.807, 2.05) is 4.90 Å². The zero-order chi connectivity index (χ0) is 16.2. The molecule has 2 atom stereocenters. The van der Waals surface area contributed by atoms with Gasteiger partial charge >= 0.3 is 0 Å². The van der Waals surface area contributed by atoms with E-state index in [0.29, 0.717) is 17.7 Å². The number of carbonyl (C=O) groups excluding carboxylic acids is 2. The number of rotatable bonds is 3. The number of hydrogen-bond donors (Lipinski definition) is 1. The van der Waals surface area contributed by atoms with Gasteiger partial charge in [0.1, 0.15) is 11.9 Å². The largest absolute Gasteiger partial charge is 0.343 e. The minimum absolute atomic E-state index is 0.0230. The molecule has 1 aromatic carbocycles. The van der Waals surface area contributed by atoms with Gasteiger partial charge in [-0.2, -0.15) is 0 Å². The van der Waals surface area contributed by atoms with Gasteiger partial charge in [0.15, 0.2) is 0 Å². The summed E-state index contributed by atoms with van der Waals surface area (Å²) in [6.45, 7) is 1.57. The number of amides is 2. The highest BCUT2D eigenvalue weighted by atomic mass is 32.2. The van der Waals surface area contributed by atoms with Gasteiger partial charge in [-0.1, -0.05) is 18.2 Å². The molecule has 3 rings (SSSR count). The third-order valence-electron chi connectivity index (χ3n) is 4.40. The van der Waals surface area contributed by atoms with Crippen molar-refractivity contribution in [1.82, 2.24) is 10.2 Å². The van der Waals surface area contributed by atoms with Gasteiger partial charge in [0.05, 0.1) is 5.25 Å². The number of nitrogens with zero attached hydrogens (tertiary/aromatic N) is 1. The Bertz CT molecular complexity index is 590. The molecule has 0 aromatic heterocycles. The lowest BCUT2D eigenvalue weighted by Gasteiger charge is -2.34. The van der Waals surface area contributed by atoms with Crippen molar-refractivity contribution >= 4 is 23.6 Å². The Labute approximate surface area is 139 Å². The summed E-state index contributed by atoms with van der Waals surface area (Å²) in [4.78, 5) is 26.6. The molecule has 0 saturated carbocycles. The number of benzene rings is 1. The summed E-state index contributed by atoms with van der Waals surface area (Å²) in [5, 5.41) is 2.49. The van der Waals surface area contributed by atoms with Crippen LogP contribution in [0.5, 0.6) is 0 Å². The van der Waals surface area contributed by atoms with Crippen molar-refractivity contribution in [3.8, 4) is 0 Å². The fourth-order valence-corrected chi connectivity index (χ4v) is 4.24. The molecule has 1 N–H and O–H groups in total. The lowest BCUT2D eigenvalue weighted by atomic mass is 10.1. The highest BCUT2D eigenvalue weighted by Gasteiger charge is 2.35. The molecule has 2 fully saturated rings. The van der Waals surface area contributed by atoms with Gasteiger partial charge in [0.25, 0.3) is 0 Å². The minimum atomic E-state index is -0.442. The quantitative estimate of drug-likeness (QED) is 0.918. The Morgan fingerprint density at radius 1 is 1.26 bits per heavy atom. The van der Waals surface area contributed by atoms with E-state index in [-0.39, 0.29) is 22.9 Å². The number of nitrogens with one attached hydrogen (secondary N) is 1. The standard InChI is InChI=1S/C17H21FN2O2S/c18-13-7-3-2-6-12(13)10-15-16(21)19-14(11-23-15)17(22)20-8-4-1-5-9-20/h2-3,6-7,14-15H,1,4-5,8-11H2,(H,19,21). The molecule has 2 amide bonds. The highest BCUT2D eigenvalue weighted by molar-refractivity contribution is 8.00. The Kier molecular flexibility index (Phi) is 5.20. The first kappa shape index (κ1) is 16.3. The summed E-state index contributed by atoms with van der Waals surface area (Å²) in [6, 6.07) is 6.08. The van der Waals surface area contributed by atoms with Gasteiger partial charge in [-0.05, 0) is 37.3 Å². The van der Waals surface area contributed by atoms with Gasteiger partial charge in [0.2, 0.25) is 11.8 Å². The molecule has 124 valence electrons. The molecule has 4 nitrogen and oxygen atoms in total. The Hall–Kier alpha value is -1.56. The van der Waals surface area contributed by atoms with E-state index in [4.69, 9.17) is 0 Å². The molecule has 2 saturated heterocycles. The summed E-state index contributed by atoms with van der Waals surface area (Å²) in [7, 11) is 0. The molecular weight excluding hydrogens is 315 g/mol. The fraction of sp³-hybridized carbons (Fsp3) is 0.529. The van der Waals surface area contributed by atoms with Crippen LogP contribution >= 0.6 is 11.8 Å². The summed E-state index contributed by atoms with van der Waals surface area (Å²) < 4.78 is 13.7. The maximum Gasteiger partial charge on any atom is 0.246 e. The summed E-state index contributed by atoms with van der Waals surface area (Å²) in [5.41, 5.74) is 0.543. The fourth-order valence-electron chi connectivity index (χ4n) is 3.08. The number of halogens is 1. The van der Waals surface area contributed by atoms with E-state index < -0.39 is 6.04 Å². The number of likely N-dealkylation sites (tertiary alicyclic amines) is 1. The van der Waals surface area contributed by atoms with E-state index in [1.54, 1.807) is 18.2 Å². The van der Waals surface area contributed by atoms with Crippen molar-refractivity contribution in [2.45, 2.75) is 37.0 Å². The van der Waals surface area contributed by atoms with Crippen molar-refractivity contribution in [2.75, 3.05) is 18.8 Å². The van der Waals surface area contributed by atoms with Crippen LogP contribution in [-0.2, 0) is 16.0 Å². The van der Waals surface area contributed by atoms with Gasteiger partial charge < -0.3 is 10.2 Å². The average molecular weight is 336 g/mol. The first-order valence-corrected chi connectivity index (χ1v) is 9.14. The van der Waals surface area contributed by atoms with Crippen molar-refractivity contribution in [2.24, 2.45) is 0 Å². The van der Waals surface area contributed by atoms with Crippen molar-refractivity contribution < 1.29 is 14.0 Å². The third kappa shape index (κ3) is 3.86. The van der Waals surface area contributed by atoms with Gasteiger partial charge in [0, 0.05) is 18.8 Å². The van der Waals surface area contributed by atoms with Crippen molar-refractivity contribution in [3.05, 3.63) is 35.6 Å². The summed E-state index contributed by atoms with van der Waals surface area (Å²) in [6.07, 6.45) is 3.60. The van der Waals surface area contributed by atoms with Crippen LogP contribution in [-0.4, -0.2) is 46.8 Å². The smallest absolute Gasteiger partial charge is 0.246 e. The predicted molar refractivity (Wildman–Crippen MR) is 88.7 cm³/mol. The second-order valence-electron chi connectivity index (χ2n) is 6.06. The van der Waals surface area contributed by atoms with Crippen LogP contribution in [0.25, 0.3) is 0 Å². The van der Waals surface area contributed by atoms with Crippen molar-refractivity contribution in [3.63, 3.8) is 0 Å². The molecule has 0 bridgehead atoms. The Balaban J connectivity index is 1.58. The van der Waals surface area contributed by atoms with E-state index in [2.05, 4.69) is 5.32 Å². The van der Waals surface area contributed by atoms with E-state index >= 15 is 0 Å². The van der Waals surface area contributed by atoms with Crippen LogP contribution in [0.4, 0.5) is 4.39 Å². The van der Waals surface area contributed by atoms with Crippen LogP contribution in [0.15, 0.2) is 24.3 Å². The molecule has 0 spiro atoms. The van der Waals surface area contributed by atoms with Crippen LogP contribution in [0, 0.1) is 5.82 Å². The molecule has 2 aliphatic heterocycles. The number of piperidine rings is 1. The lowest BCUT2D eigenvalue weighted by molar-refractivity contribution is -0.136. The van der Waals surface area contributed by atoms with Gasteiger partial charge in [-0.25, -0.2) is 4.39 Å². The lowest BCUT2D eigenvalue weighted by Crippen LogP contribution is -2.56. The van der Waals surface area contributed by atoms with Crippen LogP contribution < -0.4 is 5.32 Å². The van der Waals surface area contributed by atoms with E-state index in [0.717, 1.165) is 25.9 Å². The predicted octanol–water partition coefficient (Wildman–Crippen LogP) is 1.98. The van der Waals surface area contributed by atoms with Crippen LogP contribution in [0.2, 0.25) is 0 Å². The van der Waals surface area contributed by atoms with Gasteiger partial charge in [-0.15, -0.1) is 11.8 Å². The summed E-state index contributed by atoms with van der Waals surface area (Å²) >= 11 is 1.45. The number of carbonyl (C=O) groups is 2. The first-order valence-electron chi connectivity index (χ1n) is 8.09. The average Bonchev–Trinajstić information content (AvgIpc) is 2.58. The molecule has 0 radical (unpaired) electrons. The van der Waals surface area contributed by atoms with E-state index in [9.17, 15) is 14.0 Å². The molecule has 0 aliphatic carbocycles. The maximum absolute atomic E-state index is 13.7. The third-order valence-corrected chi connectivity index (χ3v) is 5.71. The SMILES string of the molecule is O=C1NC(C(=O)N2CCCCC2)CSC1Cc1ccccc1F.